The molecule has 0 spiro atoms. The average molecular weight is 328 g/mol. The van der Waals surface area contributed by atoms with E-state index in [1.165, 1.54) is 0 Å². The summed E-state index contributed by atoms with van der Waals surface area (Å²) in [5.74, 6) is -1.14. The van der Waals surface area contributed by atoms with Crippen LogP contribution in [0.4, 0.5) is 10.1 Å². The zero-order chi connectivity index (χ0) is 14.5. The van der Waals surface area contributed by atoms with E-state index < -0.39 is 31.3 Å². The summed E-state index contributed by atoms with van der Waals surface area (Å²) in [5.41, 5.74) is -0.777. The summed E-state index contributed by atoms with van der Waals surface area (Å²) in [6.45, 7) is 0.635. The Bertz CT molecular complexity index is 568. The zero-order valence-corrected chi connectivity index (χ0v) is 12.3. The molecule has 1 rings (SSSR count). The van der Waals surface area contributed by atoms with Crippen LogP contribution in [0.1, 0.15) is 6.42 Å². The molecule has 0 unspecified atom stereocenters. The van der Waals surface area contributed by atoms with Crippen molar-refractivity contribution in [3.05, 3.63) is 34.1 Å². The van der Waals surface area contributed by atoms with E-state index in [9.17, 15) is 22.9 Å². The Labute approximate surface area is 122 Å². The van der Waals surface area contributed by atoms with Crippen LogP contribution in [0, 0.1) is 15.9 Å². The molecule has 10 heteroatoms. The Morgan fingerprint density at radius 3 is 2.55 bits per heavy atom. The number of hydrogen-bond acceptors (Lipinski definition) is 5. The highest BCUT2D eigenvalue weighted by Crippen LogP contribution is 2.25. The minimum atomic E-state index is -4.24. The van der Waals surface area contributed by atoms with Gasteiger partial charge in [-0.2, -0.15) is 0 Å². The van der Waals surface area contributed by atoms with E-state index in [1.807, 2.05) is 0 Å². The number of nitrogens with one attached hydrogen (secondary N) is 2. The molecule has 20 heavy (non-hydrogen) atoms. The quantitative estimate of drug-likeness (QED) is 0.443. The smallest absolute Gasteiger partial charge is 0.292 e. The Balaban J connectivity index is 0.00000361. The highest BCUT2D eigenvalue weighted by atomic mass is 35.5. The Hall–Kier alpha value is -1.29. The standard InChI is InChI=1S/C10H14FN3O4S.ClH/c1-12-6-3-7-13-19(17,18)10-8(11)4-2-5-9(10)14(15)16;/h2,4-5,12-13H,3,6-7H2,1H3;1H. The van der Waals surface area contributed by atoms with Crippen molar-refractivity contribution >= 4 is 28.1 Å². The summed E-state index contributed by atoms with van der Waals surface area (Å²) in [6, 6.07) is 2.91. The molecule has 0 saturated carbocycles. The third-order valence-corrected chi connectivity index (χ3v) is 3.83. The second-order valence-electron chi connectivity index (χ2n) is 3.70. The van der Waals surface area contributed by atoms with Crippen molar-refractivity contribution < 1.29 is 17.7 Å². The molecule has 0 fully saturated rings. The second kappa shape index (κ2) is 8.10. The van der Waals surface area contributed by atoms with Crippen LogP contribution in [0.5, 0.6) is 0 Å². The molecule has 2 N–H and O–H groups in total. The average Bonchev–Trinajstić information content (AvgIpc) is 2.34. The molecule has 0 aliphatic heterocycles. The minimum Gasteiger partial charge on any atom is -0.320 e. The summed E-state index contributed by atoms with van der Waals surface area (Å²) >= 11 is 0. The molecule has 114 valence electrons. The van der Waals surface area contributed by atoms with Crippen LogP contribution in [0.15, 0.2) is 23.1 Å². The Kier molecular flexibility index (Phi) is 7.58. The highest BCUT2D eigenvalue weighted by Gasteiger charge is 2.29. The topological polar surface area (TPSA) is 101 Å². The third kappa shape index (κ3) is 4.67. The van der Waals surface area contributed by atoms with Crippen LogP contribution in [-0.4, -0.2) is 33.5 Å². The third-order valence-electron chi connectivity index (χ3n) is 2.31. The lowest BCUT2D eigenvalue weighted by molar-refractivity contribution is -0.388. The van der Waals surface area contributed by atoms with Gasteiger partial charge in [-0.1, -0.05) is 6.07 Å². The monoisotopic (exact) mass is 327 g/mol. The number of hydrogen-bond donors (Lipinski definition) is 2. The van der Waals surface area contributed by atoms with Crippen LogP contribution in [0.2, 0.25) is 0 Å². The molecule has 0 heterocycles. The number of rotatable bonds is 7. The van der Waals surface area contributed by atoms with Crippen molar-refractivity contribution in [3.8, 4) is 0 Å². The van der Waals surface area contributed by atoms with Crippen LogP contribution in [0.3, 0.4) is 0 Å². The minimum absolute atomic E-state index is 0. The molecule has 7 nitrogen and oxygen atoms in total. The van der Waals surface area contributed by atoms with Gasteiger partial charge in [0.05, 0.1) is 4.92 Å². The van der Waals surface area contributed by atoms with Crippen LogP contribution < -0.4 is 10.0 Å². The van der Waals surface area contributed by atoms with E-state index in [0.717, 1.165) is 18.2 Å². The van der Waals surface area contributed by atoms with Gasteiger partial charge in [-0.15, -0.1) is 12.4 Å². The predicted octanol–water partition coefficient (Wildman–Crippen LogP) is 1.04. The van der Waals surface area contributed by atoms with Gasteiger partial charge in [-0.3, -0.25) is 10.1 Å². The molecule has 1 aromatic rings. The number of sulfonamides is 1. The molecular weight excluding hydrogens is 313 g/mol. The van der Waals surface area contributed by atoms with Crippen LogP contribution in [0.25, 0.3) is 0 Å². The summed E-state index contributed by atoms with van der Waals surface area (Å²) in [5, 5.41) is 13.6. The van der Waals surface area contributed by atoms with Crippen LogP contribution in [-0.2, 0) is 10.0 Å². The molecule has 0 aromatic heterocycles. The van der Waals surface area contributed by atoms with Gasteiger partial charge in [0, 0.05) is 12.6 Å². The second-order valence-corrected chi connectivity index (χ2v) is 5.40. The summed E-state index contributed by atoms with van der Waals surface area (Å²) in [7, 11) is -2.54. The van der Waals surface area contributed by atoms with Crippen molar-refractivity contribution in [2.24, 2.45) is 0 Å². The lowest BCUT2D eigenvalue weighted by Gasteiger charge is -2.07. The van der Waals surface area contributed by atoms with E-state index in [1.54, 1.807) is 7.05 Å². The molecule has 0 aliphatic carbocycles. The van der Waals surface area contributed by atoms with E-state index in [2.05, 4.69) is 10.0 Å². The Morgan fingerprint density at radius 1 is 1.35 bits per heavy atom. The van der Waals surface area contributed by atoms with Crippen molar-refractivity contribution in [1.29, 1.82) is 0 Å². The van der Waals surface area contributed by atoms with Gasteiger partial charge < -0.3 is 5.32 Å². The molecule has 0 atom stereocenters. The fourth-order valence-electron chi connectivity index (χ4n) is 1.45. The maximum atomic E-state index is 13.5. The van der Waals surface area contributed by atoms with Crippen LogP contribution >= 0.6 is 12.4 Å². The van der Waals surface area contributed by atoms with Gasteiger partial charge in [-0.05, 0) is 26.1 Å². The van der Waals surface area contributed by atoms with Gasteiger partial charge in [-0.25, -0.2) is 17.5 Å². The fourth-order valence-corrected chi connectivity index (χ4v) is 2.75. The summed E-state index contributed by atoms with van der Waals surface area (Å²) < 4.78 is 39.4. The van der Waals surface area contributed by atoms with Gasteiger partial charge in [0.1, 0.15) is 5.82 Å². The SMILES string of the molecule is CNCCCNS(=O)(=O)c1c(F)cccc1[N+](=O)[O-].Cl. The molecular formula is C10H15ClFN3O4S. The van der Waals surface area contributed by atoms with E-state index in [-0.39, 0.29) is 19.0 Å². The molecule has 1 aromatic carbocycles. The first-order valence-corrected chi connectivity index (χ1v) is 6.95. The first-order valence-electron chi connectivity index (χ1n) is 5.47. The van der Waals surface area contributed by atoms with Gasteiger partial charge in [0.25, 0.3) is 5.69 Å². The molecule has 0 amide bonds. The number of nitrogens with zero attached hydrogens (tertiary/aromatic N) is 1. The lowest BCUT2D eigenvalue weighted by atomic mass is 10.3. The first kappa shape index (κ1) is 18.7. The number of nitro groups is 1. The van der Waals surface area contributed by atoms with Gasteiger partial charge >= 0.3 is 0 Å². The van der Waals surface area contributed by atoms with Crippen molar-refractivity contribution in [3.63, 3.8) is 0 Å². The summed E-state index contributed by atoms with van der Waals surface area (Å²) in [4.78, 5) is 8.88. The number of halogens is 2. The van der Waals surface area contributed by atoms with Crippen molar-refractivity contribution in [2.45, 2.75) is 11.3 Å². The van der Waals surface area contributed by atoms with Crippen molar-refractivity contribution in [2.75, 3.05) is 20.1 Å². The van der Waals surface area contributed by atoms with E-state index >= 15 is 0 Å². The number of benzene rings is 1. The maximum absolute atomic E-state index is 13.5. The number of nitro benzene ring substituents is 1. The van der Waals surface area contributed by atoms with Crippen molar-refractivity contribution in [1.82, 2.24) is 10.0 Å². The molecule has 0 bridgehead atoms. The molecule has 0 aliphatic rings. The maximum Gasteiger partial charge on any atom is 0.292 e. The summed E-state index contributed by atoms with van der Waals surface area (Å²) in [6.07, 6.45) is 0.484. The molecule has 0 radical (unpaired) electrons. The van der Waals surface area contributed by atoms with Gasteiger partial charge in [0.15, 0.2) is 4.90 Å². The Morgan fingerprint density at radius 2 is 2.00 bits per heavy atom. The predicted molar refractivity (Wildman–Crippen MR) is 74.0 cm³/mol. The zero-order valence-electron chi connectivity index (χ0n) is 10.6. The lowest BCUT2D eigenvalue weighted by Crippen LogP contribution is -2.28. The first-order chi connectivity index (χ1) is 8.90. The van der Waals surface area contributed by atoms with E-state index in [4.69, 9.17) is 0 Å². The highest BCUT2D eigenvalue weighted by molar-refractivity contribution is 7.89. The van der Waals surface area contributed by atoms with Gasteiger partial charge in [0.2, 0.25) is 10.0 Å². The van der Waals surface area contributed by atoms with E-state index in [0.29, 0.717) is 13.0 Å². The normalized spacial score (nSPS) is 10.9. The molecule has 0 saturated heterocycles. The fraction of sp³-hybridized carbons (Fsp3) is 0.400. The largest absolute Gasteiger partial charge is 0.320 e.